The molecule has 0 bridgehead atoms. The van der Waals surface area contributed by atoms with Gasteiger partial charge in [0.05, 0.1) is 0 Å². The molecule has 3 heteroatoms. The molecule has 0 rings (SSSR count). The van der Waals surface area contributed by atoms with E-state index in [1.807, 2.05) is 0 Å². The van der Waals surface area contributed by atoms with Crippen LogP contribution in [0.5, 0.6) is 0 Å². The molecule has 0 aromatic heterocycles. The second-order valence-corrected chi connectivity index (χ2v) is 5.60. The maximum Gasteiger partial charge on any atom is 0.118 e. The van der Waals surface area contributed by atoms with E-state index in [9.17, 15) is 0 Å². The summed E-state index contributed by atoms with van der Waals surface area (Å²) in [5, 5.41) is 0. The third-order valence-electron chi connectivity index (χ3n) is 3.69. The third-order valence-corrected chi connectivity index (χ3v) is 3.69. The first kappa shape index (κ1) is 19.0. The highest BCUT2D eigenvalue weighted by Gasteiger charge is 2.34. The van der Waals surface area contributed by atoms with Crippen LogP contribution in [-0.4, -0.2) is 49.4 Å². The van der Waals surface area contributed by atoms with Gasteiger partial charge in [-0.15, -0.1) is 0 Å². The van der Waals surface area contributed by atoms with Crippen molar-refractivity contribution in [3.05, 3.63) is 0 Å². The van der Waals surface area contributed by atoms with Gasteiger partial charge in [0.2, 0.25) is 0 Å². The van der Waals surface area contributed by atoms with Gasteiger partial charge in [-0.1, -0.05) is 41.0 Å². The van der Waals surface area contributed by atoms with Crippen molar-refractivity contribution >= 4 is 7.85 Å². The Bertz CT molecular complexity index is 181. The molecular weight excluding hydrogens is 231 g/mol. The Hall–Kier alpha value is -0.0151. The van der Waals surface area contributed by atoms with E-state index >= 15 is 0 Å². The first-order chi connectivity index (χ1) is 9.10. The summed E-state index contributed by atoms with van der Waals surface area (Å²) in [5.41, 5.74) is -0.243. The molecule has 0 saturated heterocycles. The van der Waals surface area contributed by atoms with Crippen molar-refractivity contribution in [2.24, 2.45) is 0 Å². The van der Waals surface area contributed by atoms with Gasteiger partial charge in [0, 0.05) is 5.56 Å². The van der Waals surface area contributed by atoms with E-state index in [2.05, 4.69) is 44.4 Å². The Morgan fingerprint density at radius 1 is 0.632 bits per heavy atom. The first-order valence-electron chi connectivity index (χ1n) is 8.39. The molecule has 0 N–H and O–H groups in total. The maximum atomic E-state index is 6.89. The van der Waals surface area contributed by atoms with E-state index in [4.69, 9.17) is 7.85 Å². The highest BCUT2D eigenvalue weighted by atomic mass is 15.4. The average Bonchev–Trinajstić information content (AvgIpc) is 2.38. The summed E-state index contributed by atoms with van der Waals surface area (Å²) in [6, 6.07) is 0. The fourth-order valence-electron chi connectivity index (χ4n) is 2.96. The summed E-state index contributed by atoms with van der Waals surface area (Å²) >= 11 is 0. The molecule has 0 saturated carbocycles. The van der Waals surface area contributed by atoms with Gasteiger partial charge in [-0.3, -0.25) is 9.80 Å². The largest absolute Gasteiger partial charge is 0.294 e. The summed E-state index contributed by atoms with van der Waals surface area (Å²) in [6.07, 6.45) is 6.91. The lowest BCUT2D eigenvalue weighted by Crippen LogP contribution is -2.62. The van der Waals surface area contributed by atoms with E-state index in [1.165, 1.54) is 25.7 Å². The normalized spacial score (nSPS) is 12.6. The van der Waals surface area contributed by atoms with Crippen molar-refractivity contribution < 1.29 is 0 Å². The van der Waals surface area contributed by atoms with Crippen LogP contribution in [0.2, 0.25) is 0 Å². The Kier molecular flexibility index (Phi) is 10.7. The summed E-state index contributed by atoms with van der Waals surface area (Å²) in [4.78, 5) is 5.03. The smallest absolute Gasteiger partial charge is 0.118 e. The predicted octanol–water partition coefficient (Wildman–Crippen LogP) is 3.85. The van der Waals surface area contributed by atoms with Gasteiger partial charge >= 0.3 is 0 Å². The monoisotopic (exact) mass is 266 g/mol. The van der Waals surface area contributed by atoms with Gasteiger partial charge in [0.15, 0.2) is 0 Å². The minimum atomic E-state index is -0.243. The Balaban J connectivity index is 5.10. The van der Waals surface area contributed by atoms with E-state index in [0.29, 0.717) is 0 Å². The lowest BCUT2D eigenvalue weighted by atomic mass is 9.78. The molecule has 2 nitrogen and oxygen atoms in total. The summed E-state index contributed by atoms with van der Waals surface area (Å²) in [6.45, 7) is 15.7. The molecule has 0 amide bonds. The van der Waals surface area contributed by atoms with Crippen molar-refractivity contribution in [2.75, 3.05) is 26.2 Å². The first-order valence-corrected chi connectivity index (χ1v) is 8.39. The molecule has 0 aliphatic carbocycles. The number of hydrogen-bond acceptors (Lipinski definition) is 2. The van der Waals surface area contributed by atoms with Crippen LogP contribution < -0.4 is 0 Å². The molecule has 0 aliphatic heterocycles. The van der Waals surface area contributed by atoms with Crippen LogP contribution in [0.15, 0.2) is 0 Å². The molecule has 0 heterocycles. The molecule has 0 unspecified atom stereocenters. The summed E-state index contributed by atoms with van der Waals surface area (Å²) in [5.74, 6) is 0. The highest BCUT2D eigenvalue weighted by Crippen LogP contribution is 2.24. The van der Waals surface area contributed by atoms with E-state index in [-0.39, 0.29) is 5.56 Å². The van der Waals surface area contributed by atoms with Gasteiger partial charge < -0.3 is 0 Å². The molecule has 112 valence electrons. The fourth-order valence-corrected chi connectivity index (χ4v) is 2.96. The Morgan fingerprint density at radius 2 is 0.947 bits per heavy atom. The third kappa shape index (κ3) is 5.87. The van der Waals surface area contributed by atoms with Gasteiger partial charge in [-0.2, -0.15) is 0 Å². The van der Waals surface area contributed by atoms with Crippen molar-refractivity contribution in [3.8, 4) is 0 Å². The van der Waals surface area contributed by atoms with Crippen LogP contribution in [0.25, 0.3) is 0 Å². The second-order valence-electron chi connectivity index (χ2n) is 5.60. The molecule has 0 spiro atoms. The average molecular weight is 266 g/mol. The Morgan fingerprint density at radius 3 is 1.16 bits per heavy atom. The van der Waals surface area contributed by atoms with Crippen molar-refractivity contribution in [1.29, 1.82) is 0 Å². The molecule has 0 aromatic carbocycles. The van der Waals surface area contributed by atoms with Crippen LogP contribution in [0.4, 0.5) is 0 Å². The van der Waals surface area contributed by atoms with Crippen molar-refractivity contribution in [1.82, 2.24) is 9.80 Å². The van der Waals surface area contributed by atoms with Crippen LogP contribution in [0, 0.1) is 0 Å². The fraction of sp³-hybridized carbons (Fsp3) is 1.00. The summed E-state index contributed by atoms with van der Waals surface area (Å²) < 4.78 is 0. The van der Waals surface area contributed by atoms with Gasteiger partial charge in [-0.25, -0.2) is 0 Å². The zero-order chi connectivity index (χ0) is 14.7. The number of rotatable bonds is 12. The predicted molar refractivity (Wildman–Crippen MR) is 87.7 cm³/mol. The quantitative estimate of drug-likeness (QED) is 0.391. The van der Waals surface area contributed by atoms with Gasteiger partial charge in [0.1, 0.15) is 7.85 Å². The lowest BCUT2D eigenvalue weighted by Gasteiger charge is -2.50. The maximum absolute atomic E-state index is 6.89. The highest BCUT2D eigenvalue weighted by molar-refractivity contribution is 6.14. The minimum Gasteiger partial charge on any atom is -0.294 e. The van der Waals surface area contributed by atoms with E-state index in [0.717, 1.165) is 39.0 Å². The van der Waals surface area contributed by atoms with Crippen molar-refractivity contribution in [3.63, 3.8) is 0 Å². The van der Waals surface area contributed by atoms with Gasteiger partial charge in [-0.05, 0) is 58.3 Å². The topological polar surface area (TPSA) is 6.48 Å². The molecule has 0 fully saturated rings. The minimum absolute atomic E-state index is 0.243. The van der Waals surface area contributed by atoms with Crippen LogP contribution in [0.1, 0.15) is 73.1 Å². The standard InChI is InChI=1S/C16H35BN2/c1-6-11-16(17,18(12-7-2)13-8-3)19(14-9-4)15-10-5/h6-15H2,1-5H3. The molecule has 19 heavy (non-hydrogen) atoms. The second kappa shape index (κ2) is 10.7. The molecular formula is C16H35BN2. The van der Waals surface area contributed by atoms with Crippen LogP contribution in [-0.2, 0) is 0 Å². The van der Waals surface area contributed by atoms with E-state index in [1.54, 1.807) is 0 Å². The van der Waals surface area contributed by atoms with Crippen molar-refractivity contribution in [2.45, 2.75) is 78.7 Å². The molecule has 0 aromatic rings. The van der Waals surface area contributed by atoms with Crippen LogP contribution in [0.3, 0.4) is 0 Å². The number of hydrogen-bond donors (Lipinski definition) is 0. The molecule has 0 atom stereocenters. The molecule has 0 aliphatic rings. The summed E-state index contributed by atoms with van der Waals surface area (Å²) in [7, 11) is 6.89. The van der Waals surface area contributed by atoms with E-state index < -0.39 is 0 Å². The SMILES string of the molecule is [B]C(CCC)(N(CCC)CCC)N(CCC)CCC. The number of nitrogens with zero attached hydrogens (tertiary/aromatic N) is 2. The zero-order valence-corrected chi connectivity index (χ0v) is 14.0. The van der Waals surface area contributed by atoms with Gasteiger partial charge in [0.25, 0.3) is 0 Å². The Labute approximate surface area is 123 Å². The van der Waals surface area contributed by atoms with Crippen LogP contribution >= 0.6 is 0 Å². The zero-order valence-electron chi connectivity index (χ0n) is 14.0. The molecule has 2 radical (unpaired) electrons. The lowest BCUT2D eigenvalue weighted by molar-refractivity contribution is -0.00251.